The number of fused-ring (bicyclic) bond motifs is 3. The van der Waals surface area contributed by atoms with Crippen molar-refractivity contribution in [2.24, 2.45) is 17.6 Å². The lowest BCUT2D eigenvalue weighted by molar-refractivity contribution is -0.153. The number of phenolic OH excluding ortho intramolecular Hbond substituents is 1. The maximum Gasteiger partial charge on any atom is 0.255 e. The minimum Gasteiger partial charge on any atom is -0.508 e. The van der Waals surface area contributed by atoms with E-state index in [2.05, 4.69) is 5.32 Å². The fourth-order valence-electron chi connectivity index (χ4n) is 7.03. The van der Waals surface area contributed by atoms with Gasteiger partial charge in [-0.3, -0.25) is 19.3 Å². The van der Waals surface area contributed by atoms with Gasteiger partial charge in [0.1, 0.15) is 22.8 Å². The van der Waals surface area contributed by atoms with Crippen LogP contribution in [0.3, 0.4) is 0 Å². The van der Waals surface area contributed by atoms with Gasteiger partial charge in [-0.15, -0.1) is 0 Å². The van der Waals surface area contributed by atoms with Gasteiger partial charge in [0, 0.05) is 24.1 Å². The molecule has 0 saturated heterocycles. The SMILES string of the molecule is CN(C)[C@H]1C(=O)C(C(N)=O)=C(O)[C@]2(O)C(=O)C3=C(O)c4c(O)ccc(CNC5CCCCC5)c4C[C@@H]3C[C@H]12. The van der Waals surface area contributed by atoms with Crippen LogP contribution in [0.25, 0.3) is 5.76 Å². The second-order valence-electron chi connectivity index (χ2n) is 11.3. The number of amides is 1. The van der Waals surface area contributed by atoms with Crippen LogP contribution in [0.1, 0.15) is 55.2 Å². The summed E-state index contributed by atoms with van der Waals surface area (Å²) in [7, 11) is 3.17. The van der Waals surface area contributed by atoms with Gasteiger partial charge in [-0.05, 0) is 62.9 Å². The molecule has 0 radical (unpaired) electrons. The Bertz CT molecular complexity index is 1280. The van der Waals surface area contributed by atoms with E-state index in [1.165, 1.54) is 30.2 Å². The predicted octanol–water partition coefficient (Wildman–Crippen LogP) is 1.39. The van der Waals surface area contributed by atoms with Crippen LogP contribution < -0.4 is 11.1 Å². The molecule has 7 N–H and O–H groups in total. The van der Waals surface area contributed by atoms with Gasteiger partial charge in [0.25, 0.3) is 5.91 Å². The number of nitrogens with two attached hydrogens (primary N) is 1. The van der Waals surface area contributed by atoms with Crippen LogP contribution in [0, 0.1) is 11.8 Å². The minimum absolute atomic E-state index is 0.0803. The van der Waals surface area contributed by atoms with Crippen molar-refractivity contribution < 1.29 is 34.8 Å². The van der Waals surface area contributed by atoms with Crippen LogP contribution in [0.15, 0.2) is 29.0 Å². The molecule has 0 spiro atoms. The highest BCUT2D eigenvalue weighted by Gasteiger charge is 2.64. The molecule has 4 aliphatic carbocycles. The molecule has 204 valence electrons. The number of aromatic hydroxyl groups is 1. The zero-order chi connectivity index (χ0) is 27.5. The van der Waals surface area contributed by atoms with E-state index in [4.69, 9.17) is 5.73 Å². The molecule has 2 fully saturated rings. The van der Waals surface area contributed by atoms with Crippen LogP contribution >= 0.6 is 0 Å². The third kappa shape index (κ3) is 3.85. The molecule has 10 heteroatoms. The Morgan fingerprint density at radius 1 is 1.13 bits per heavy atom. The summed E-state index contributed by atoms with van der Waals surface area (Å²) in [5.74, 6) is -6.40. The van der Waals surface area contributed by atoms with Crippen LogP contribution in [0.2, 0.25) is 0 Å². The fraction of sp³-hybridized carbons (Fsp3) is 0.536. The number of Topliss-reactive ketones (excluding diaryl/α,β-unsaturated/α-hetero) is 2. The van der Waals surface area contributed by atoms with Crippen LogP contribution in [-0.4, -0.2) is 74.6 Å². The van der Waals surface area contributed by atoms with E-state index in [0.717, 1.165) is 18.4 Å². The first-order valence-corrected chi connectivity index (χ1v) is 13.2. The average Bonchev–Trinajstić information content (AvgIpc) is 2.86. The molecule has 4 aliphatic rings. The highest BCUT2D eigenvalue weighted by atomic mass is 16.3. The predicted molar refractivity (Wildman–Crippen MR) is 138 cm³/mol. The molecule has 0 aliphatic heterocycles. The summed E-state index contributed by atoms with van der Waals surface area (Å²) >= 11 is 0. The Labute approximate surface area is 220 Å². The number of nitrogens with zero attached hydrogens (tertiary/aromatic N) is 1. The van der Waals surface area contributed by atoms with Crippen molar-refractivity contribution in [2.45, 2.75) is 69.2 Å². The molecule has 0 aromatic heterocycles. The monoisotopic (exact) mass is 525 g/mol. The fourth-order valence-corrected chi connectivity index (χ4v) is 7.03. The number of hydrogen-bond donors (Lipinski definition) is 6. The summed E-state index contributed by atoms with van der Waals surface area (Å²) in [5.41, 5.74) is 3.52. The molecule has 0 unspecified atom stereocenters. The minimum atomic E-state index is -2.62. The summed E-state index contributed by atoms with van der Waals surface area (Å²) in [5, 5.41) is 48.2. The van der Waals surface area contributed by atoms with Crippen LogP contribution in [-0.2, 0) is 27.3 Å². The van der Waals surface area contributed by atoms with Gasteiger partial charge in [0.15, 0.2) is 11.4 Å². The third-order valence-electron chi connectivity index (χ3n) is 8.89. The van der Waals surface area contributed by atoms with Crippen molar-refractivity contribution in [3.63, 3.8) is 0 Å². The number of hydrogen-bond acceptors (Lipinski definition) is 9. The van der Waals surface area contributed by atoms with Crippen molar-refractivity contribution >= 4 is 23.2 Å². The molecule has 1 amide bonds. The number of primary amides is 1. The maximum absolute atomic E-state index is 13.9. The molecule has 38 heavy (non-hydrogen) atoms. The second kappa shape index (κ2) is 9.52. The lowest BCUT2D eigenvalue weighted by atomic mass is 9.57. The van der Waals surface area contributed by atoms with Gasteiger partial charge >= 0.3 is 0 Å². The van der Waals surface area contributed by atoms with E-state index in [0.29, 0.717) is 24.6 Å². The summed E-state index contributed by atoms with van der Waals surface area (Å²) < 4.78 is 0. The average molecular weight is 526 g/mol. The second-order valence-corrected chi connectivity index (χ2v) is 11.3. The summed E-state index contributed by atoms with van der Waals surface area (Å²) in [6.07, 6.45) is 6.16. The van der Waals surface area contributed by atoms with Crippen LogP contribution in [0.5, 0.6) is 5.75 Å². The first-order valence-electron chi connectivity index (χ1n) is 13.2. The number of rotatable bonds is 5. The molecule has 10 nitrogen and oxygen atoms in total. The summed E-state index contributed by atoms with van der Waals surface area (Å²) in [6, 6.07) is 2.59. The highest BCUT2D eigenvalue weighted by molar-refractivity contribution is 6.24. The summed E-state index contributed by atoms with van der Waals surface area (Å²) in [4.78, 5) is 40.6. The number of aliphatic hydroxyl groups is 3. The van der Waals surface area contributed by atoms with Gasteiger partial charge in [0.05, 0.1) is 11.6 Å². The van der Waals surface area contributed by atoms with Crippen molar-refractivity contribution in [3.8, 4) is 5.75 Å². The smallest absolute Gasteiger partial charge is 0.255 e. The van der Waals surface area contributed by atoms with Gasteiger partial charge in [0.2, 0.25) is 5.78 Å². The van der Waals surface area contributed by atoms with Crippen molar-refractivity contribution in [1.82, 2.24) is 10.2 Å². The topological polar surface area (TPSA) is 173 Å². The number of benzene rings is 1. The first kappa shape index (κ1) is 26.4. The Morgan fingerprint density at radius 2 is 1.82 bits per heavy atom. The zero-order valence-corrected chi connectivity index (χ0v) is 21.7. The number of phenols is 1. The molecular formula is C28H35N3O7. The number of carbonyl (C=O) groups excluding carboxylic acids is 3. The van der Waals surface area contributed by atoms with Gasteiger partial charge in [-0.2, -0.15) is 0 Å². The lowest BCUT2D eigenvalue weighted by Gasteiger charge is -2.50. The number of nitrogens with one attached hydrogen (secondary N) is 1. The molecule has 4 atom stereocenters. The Kier molecular flexibility index (Phi) is 6.61. The molecule has 5 rings (SSSR count). The standard InChI is InChI=1S/C28H35N3O7/c1-31(2)22-17-11-14-10-16-13(12-30-15-6-4-3-5-7-15)8-9-18(32)20(16)23(33)19(14)25(35)28(17,38)26(36)21(24(22)34)27(29)37/h8-9,14-15,17,22,30,32-33,36,38H,3-7,10-12H2,1-2H3,(H2,29,37)/t14-,17-,22-,28-/m1/s1. The number of carbonyl (C=O) groups is 3. The highest BCUT2D eigenvalue weighted by Crippen LogP contribution is 2.52. The van der Waals surface area contributed by atoms with E-state index in [1.54, 1.807) is 14.1 Å². The Hall–Kier alpha value is -3.21. The van der Waals surface area contributed by atoms with Crippen LogP contribution in [0.4, 0.5) is 0 Å². The van der Waals surface area contributed by atoms with E-state index in [9.17, 15) is 34.8 Å². The van der Waals surface area contributed by atoms with E-state index < -0.39 is 58.0 Å². The molecule has 0 heterocycles. The number of likely N-dealkylation sites (N-methyl/N-ethyl adjacent to an activating group) is 1. The van der Waals surface area contributed by atoms with E-state index in [1.807, 2.05) is 6.07 Å². The van der Waals surface area contributed by atoms with Crippen molar-refractivity contribution in [2.75, 3.05) is 14.1 Å². The van der Waals surface area contributed by atoms with Gasteiger partial charge < -0.3 is 31.5 Å². The van der Waals surface area contributed by atoms with E-state index >= 15 is 0 Å². The van der Waals surface area contributed by atoms with Gasteiger partial charge in [-0.25, -0.2) is 0 Å². The number of ketones is 2. The third-order valence-corrected chi connectivity index (χ3v) is 8.89. The molecule has 1 aromatic rings. The van der Waals surface area contributed by atoms with Crippen molar-refractivity contribution in [1.29, 1.82) is 0 Å². The molecule has 0 bridgehead atoms. The summed E-state index contributed by atoms with van der Waals surface area (Å²) in [6.45, 7) is 0.536. The Morgan fingerprint density at radius 3 is 2.45 bits per heavy atom. The zero-order valence-electron chi connectivity index (χ0n) is 21.7. The lowest BCUT2D eigenvalue weighted by Crippen LogP contribution is -2.65. The van der Waals surface area contributed by atoms with Gasteiger partial charge in [-0.1, -0.05) is 25.3 Å². The molecule has 2 saturated carbocycles. The molecule has 1 aromatic carbocycles. The first-order chi connectivity index (χ1) is 18.0. The maximum atomic E-state index is 13.9. The van der Waals surface area contributed by atoms with Crippen molar-refractivity contribution in [3.05, 3.63) is 45.7 Å². The normalized spacial score (nSPS) is 29.8. The quantitative estimate of drug-likeness (QED) is 0.311. The van der Waals surface area contributed by atoms with E-state index in [-0.39, 0.29) is 23.3 Å². The molecular weight excluding hydrogens is 490 g/mol. The number of aliphatic hydroxyl groups excluding tert-OH is 2. The Balaban J connectivity index is 1.60. The largest absolute Gasteiger partial charge is 0.508 e.